The summed E-state index contributed by atoms with van der Waals surface area (Å²) in [4.78, 5) is 14.5. The van der Waals surface area contributed by atoms with Crippen LogP contribution in [0.5, 0.6) is 0 Å². The molecule has 0 aliphatic heterocycles. The fraction of sp³-hybridized carbons (Fsp3) is 0.250. The van der Waals surface area contributed by atoms with Crippen molar-refractivity contribution in [3.63, 3.8) is 0 Å². The Balaban J connectivity index is 1.63. The summed E-state index contributed by atoms with van der Waals surface area (Å²) in [5, 5.41) is 16.3. The van der Waals surface area contributed by atoms with E-state index in [4.69, 9.17) is 5.10 Å². The quantitative estimate of drug-likeness (QED) is 0.524. The van der Waals surface area contributed by atoms with E-state index >= 15 is 0 Å². The van der Waals surface area contributed by atoms with Crippen LogP contribution in [0.1, 0.15) is 21.5 Å². The van der Waals surface area contributed by atoms with Crippen molar-refractivity contribution in [2.75, 3.05) is 27.2 Å². The van der Waals surface area contributed by atoms with Crippen LogP contribution in [0.15, 0.2) is 54.6 Å². The fourth-order valence-corrected chi connectivity index (χ4v) is 3.40. The Morgan fingerprint density at radius 3 is 2.48 bits per heavy atom. The van der Waals surface area contributed by atoms with Crippen molar-refractivity contribution in [2.24, 2.45) is 0 Å². The van der Waals surface area contributed by atoms with E-state index in [0.717, 1.165) is 28.9 Å². The maximum absolute atomic E-state index is 12.4. The zero-order valence-corrected chi connectivity index (χ0v) is 18.3. The molecule has 0 bridgehead atoms. The molecule has 0 saturated heterocycles. The van der Waals surface area contributed by atoms with Gasteiger partial charge in [0.2, 0.25) is 0 Å². The maximum Gasteiger partial charge on any atom is 0.251 e. The van der Waals surface area contributed by atoms with Gasteiger partial charge in [0.25, 0.3) is 5.91 Å². The third-order valence-electron chi connectivity index (χ3n) is 5.18. The Morgan fingerprint density at radius 1 is 1.00 bits per heavy atom. The standard InChI is InChI=1S/C24H26N6O/c1-16-5-7-18(8-6-16)23-27-26-22-12-11-21(28-30(22)23)20-10-9-19(15-17(20)2)24(31)25-13-14-29(3)4/h5-12,15H,13-14H2,1-4H3,(H,25,31). The first-order valence-corrected chi connectivity index (χ1v) is 10.3. The summed E-state index contributed by atoms with van der Waals surface area (Å²) in [5.41, 5.74) is 6.24. The molecule has 31 heavy (non-hydrogen) atoms. The molecule has 2 aromatic heterocycles. The van der Waals surface area contributed by atoms with Gasteiger partial charge in [-0.2, -0.15) is 9.61 Å². The van der Waals surface area contributed by atoms with Gasteiger partial charge < -0.3 is 10.2 Å². The zero-order valence-electron chi connectivity index (χ0n) is 18.3. The first kappa shape index (κ1) is 20.7. The number of carbonyl (C=O) groups is 1. The van der Waals surface area contributed by atoms with E-state index in [0.29, 0.717) is 23.6 Å². The average Bonchev–Trinajstić information content (AvgIpc) is 3.17. The van der Waals surface area contributed by atoms with Crippen molar-refractivity contribution in [3.8, 4) is 22.6 Å². The highest BCUT2D eigenvalue weighted by Gasteiger charge is 2.13. The lowest BCUT2D eigenvalue weighted by Crippen LogP contribution is -2.31. The van der Waals surface area contributed by atoms with Crippen LogP contribution in [0, 0.1) is 13.8 Å². The fourth-order valence-electron chi connectivity index (χ4n) is 3.40. The monoisotopic (exact) mass is 414 g/mol. The molecule has 2 aromatic carbocycles. The van der Waals surface area contributed by atoms with E-state index in [-0.39, 0.29) is 5.91 Å². The van der Waals surface area contributed by atoms with Crippen LogP contribution < -0.4 is 5.32 Å². The predicted octanol–water partition coefficient (Wildman–Crippen LogP) is 3.37. The van der Waals surface area contributed by atoms with Gasteiger partial charge in [-0.3, -0.25) is 4.79 Å². The SMILES string of the molecule is Cc1ccc(-c2nnc3ccc(-c4ccc(C(=O)NCCN(C)C)cc4C)nn23)cc1. The number of carbonyl (C=O) groups excluding carboxylic acids is 1. The number of nitrogens with zero attached hydrogens (tertiary/aromatic N) is 5. The number of aryl methyl sites for hydroxylation is 2. The van der Waals surface area contributed by atoms with Crippen molar-refractivity contribution in [3.05, 3.63) is 71.3 Å². The molecule has 0 aliphatic carbocycles. The Hall–Kier alpha value is -3.58. The molecule has 0 aliphatic rings. The number of benzene rings is 2. The molecular formula is C24H26N6O. The number of amides is 1. The van der Waals surface area contributed by atoms with E-state index < -0.39 is 0 Å². The molecule has 0 saturated carbocycles. The molecule has 0 unspecified atom stereocenters. The van der Waals surface area contributed by atoms with Gasteiger partial charge >= 0.3 is 0 Å². The van der Waals surface area contributed by atoms with Crippen molar-refractivity contribution in [1.82, 2.24) is 30.0 Å². The van der Waals surface area contributed by atoms with Gasteiger partial charge in [0.05, 0.1) is 5.69 Å². The second-order valence-corrected chi connectivity index (χ2v) is 7.97. The van der Waals surface area contributed by atoms with Gasteiger partial charge in [-0.15, -0.1) is 10.2 Å². The van der Waals surface area contributed by atoms with Gasteiger partial charge in [-0.25, -0.2) is 0 Å². The summed E-state index contributed by atoms with van der Waals surface area (Å²) in [7, 11) is 3.96. The van der Waals surface area contributed by atoms with E-state index in [2.05, 4.69) is 22.4 Å². The topological polar surface area (TPSA) is 75.4 Å². The van der Waals surface area contributed by atoms with E-state index in [1.807, 2.05) is 80.5 Å². The summed E-state index contributed by atoms with van der Waals surface area (Å²) < 4.78 is 1.77. The largest absolute Gasteiger partial charge is 0.351 e. The van der Waals surface area contributed by atoms with Gasteiger partial charge in [0.1, 0.15) is 0 Å². The van der Waals surface area contributed by atoms with Gasteiger partial charge in [-0.05, 0) is 57.8 Å². The molecule has 2 heterocycles. The molecular weight excluding hydrogens is 388 g/mol. The molecule has 1 amide bonds. The zero-order chi connectivity index (χ0) is 22.0. The van der Waals surface area contributed by atoms with Crippen LogP contribution in [0.2, 0.25) is 0 Å². The van der Waals surface area contributed by atoms with Gasteiger partial charge in [-0.1, -0.05) is 35.9 Å². The molecule has 158 valence electrons. The minimum absolute atomic E-state index is 0.0691. The molecule has 4 rings (SSSR count). The molecule has 4 aromatic rings. The second-order valence-electron chi connectivity index (χ2n) is 7.97. The number of hydrogen-bond acceptors (Lipinski definition) is 5. The number of hydrogen-bond donors (Lipinski definition) is 1. The van der Waals surface area contributed by atoms with Crippen molar-refractivity contribution in [2.45, 2.75) is 13.8 Å². The summed E-state index contributed by atoms with van der Waals surface area (Å²) in [6.45, 7) is 5.46. The Morgan fingerprint density at radius 2 is 1.77 bits per heavy atom. The minimum Gasteiger partial charge on any atom is -0.351 e. The highest BCUT2D eigenvalue weighted by atomic mass is 16.1. The predicted molar refractivity (Wildman–Crippen MR) is 122 cm³/mol. The van der Waals surface area contributed by atoms with E-state index in [9.17, 15) is 4.79 Å². The number of likely N-dealkylation sites (N-methyl/N-ethyl adjacent to an activating group) is 1. The van der Waals surface area contributed by atoms with Crippen LogP contribution in [-0.2, 0) is 0 Å². The molecule has 7 nitrogen and oxygen atoms in total. The summed E-state index contributed by atoms with van der Waals surface area (Å²) in [6.07, 6.45) is 0. The van der Waals surface area contributed by atoms with Crippen LogP contribution in [0.4, 0.5) is 0 Å². The smallest absolute Gasteiger partial charge is 0.251 e. The normalized spacial score (nSPS) is 11.3. The third kappa shape index (κ3) is 4.46. The lowest BCUT2D eigenvalue weighted by Gasteiger charge is -2.12. The third-order valence-corrected chi connectivity index (χ3v) is 5.18. The van der Waals surface area contributed by atoms with Crippen LogP contribution in [0.3, 0.4) is 0 Å². The molecule has 0 atom stereocenters. The lowest BCUT2D eigenvalue weighted by molar-refractivity contribution is 0.0951. The second kappa shape index (κ2) is 8.65. The molecule has 7 heteroatoms. The average molecular weight is 415 g/mol. The number of rotatable bonds is 6. The Bertz CT molecular complexity index is 1230. The van der Waals surface area contributed by atoms with Crippen LogP contribution in [-0.4, -0.2) is 57.8 Å². The summed E-state index contributed by atoms with van der Waals surface area (Å²) >= 11 is 0. The molecule has 0 spiro atoms. The van der Waals surface area contributed by atoms with Crippen molar-refractivity contribution < 1.29 is 4.79 Å². The maximum atomic E-state index is 12.4. The van der Waals surface area contributed by atoms with Gasteiger partial charge in [0.15, 0.2) is 11.5 Å². The van der Waals surface area contributed by atoms with Crippen LogP contribution >= 0.6 is 0 Å². The van der Waals surface area contributed by atoms with Crippen molar-refractivity contribution in [1.29, 1.82) is 0 Å². The molecule has 1 N–H and O–H groups in total. The Labute approximate surface area is 181 Å². The van der Waals surface area contributed by atoms with Crippen molar-refractivity contribution >= 4 is 11.6 Å². The van der Waals surface area contributed by atoms with E-state index in [1.54, 1.807) is 4.52 Å². The lowest BCUT2D eigenvalue weighted by atomic mass is 10.0. The number of fused-ring (bicyclic) bond motifs is 1. The number of nitrogens with one attached hydrogen (secondary N) is 1. The van der Waals surface area contributed by atoms with Crippen LogP contribution in [0.25, 0.3) is 28.3 Å². The van der Waals surface area contributed by atoms with Gasteiger partial charge in [0, 0.05) is 29.8 Å². The highest BCUT2D eigenvalue weighted by Crippen LogP contribution is 2.25. The first-order chi connectivity index (χ1) is 14.9. The molecule has 0 fully saturated rings. The highest BCUT2D eigenvalue weighted by molar-refractivity contribution is 5.95. The number of aromatic nitrogens is 4. The summed E-state index contributed by atoms with van der Waals surface area (Å²) in [6, 6.07) is 17.7. The first-order valence-electron chi connectivity index (χ1n) is 10.3. The Kier molecular flexibility index (Phi) is 5.77. The van der Waals surface area contributed by atoms with E-state index in [1.165, 1.54) is 5.56 Å². The molecule has 0 radical (unpaired) electrons. The summed E-state index contributed by atoms with van der Waals surface area (Å²) in [5.74, 6) is 0.631. The minimum atomic E-state index is -0.0691.